The van der Waals surface area contributed by atoms with Crippen LogP contribution in [-0.4, -0.2) is 16.3 Å². The van der Waals surface area contributed by atoms with Crippen molar-refractivity contribution in [3.63, 3.8) is 0 Å². The lowest BCUT2D eigenvalue weighted by molar-refractivity contribution is 0.605. The zero-order valence-electron chi connectivity index (χ0n) is 11.7. The van der Waals surface area contributed by atoms with Gasteiger partial charge in [0, 0.05) is 12.2 Å². The van der Waals surface area contributed by atoms with Gasteiger partial charge in [0.25, 0.3) is 0 Å². The van der Waals surface area contributed by atoms with Crippen LogP contribution in [0.1, 0.15) is 23.9 Å². The smallest absolute Gasteiger partial charge is 0.146 e. The van der Waals surface area contributed by atoms with E-state index in [0.29, 0.717) is 12.2 Å². The quantitative estimate of drug-likeness (QED) is 0.895. The minimum atomic E-state index is -0.217. The first-order chi connectivity index (χ1) is 9.13. The fraction of sp³-hybridized carbons (Fsp3) is 0.400. The van der Waals surface area contributed by atoms with E-state index in [4.69, 9.17) is 0 Å². The zero-order chi connectivity index (χ0) is 13.8. The maximum absolute atomic E-state index is 13.4. The molecule has 0 saturated heterocycles. The highest BCUT2D eigenvalue weighted by atomic mass is 19.1. The lowest BCUT2D eigenvalue weighted by Gasteiger charge is -2.09. The summed E-state index contributed by atoms with van der Waals surface area (Å²) in [7, 11) is 0. The highest BCUT2D eigenvalue weighted by molar-refractivity contribution is 5.44. The molecule has 1 heterocycles. The van der Waals surface area contributed by atoms with Crippen LogP contribution in [0.4, 0.5) is 10.1 Å². The average molecular weight is 261 g/mol. The molecule has 2 rings (SSSR count). The molecular formula is C15H20FN3. The Labute approximate surface area is 113 Å². The maximum atomic E-state index is 13.4. The van der Waals surface area contributed by atoms with Gasteiger partial charge in [-0.2, -0.15) is 5.10 Å². The molecule has 0 unspecified atom stereocenters. The van der Waals surface area contributed by atoms with Crippen LogP contribution < -0.4 is 5.32 Å². The number of hydrogen-bond donors (Lipinski definition) is 1. The van der Waals surface area contributed by atoms with E-state index < -0.39 is 0 Å². The molecule has 3 nitrogen and oxygen atoms in total. The van der Waals surface area contributed by atoms with Gasteiger partial charge < -0.3 is 5.32 Å². The molecule has 0 fully saturated rings. The van der Waals surface area contributed by atoms with E-state index in [9.17, 15) is 4.39 Å². The molecule has 102 valence electrons. The molecule has 0 atom stereocenters. The summed E-state index contributed by atoms with van der Waals surface area (Å²) in [5.74, 6) is -0.217. The number of anilines is 1. The molecular weight excluding hydrogens is 241 g/mol. The topological polar surface area (TPSA) is 29.9 Å². The Morgan fingerprint density at radius 1 is 1.26 bits per heavy atom. The van der Waals surface area contributed by atoms with Gasteiger partial charge in [-0.3, -0.25) is 4.68 Å². The highest BCUT2D eigenvalue weighted by Gasteiger charge is 2.09. The van der Waals surface area contributed by atoms with Crippen molar-refractivity contribution >= 4 is 5.69 Å². The molecule has 0 bridgehead atoms. The van der Waals surface area contributed by atoms with Crippen molar-refractivity contribution in [1.29, 1.82) is 0 Å². The van der Waals surface area contributed by atoms with Crippen LogP contribution in [0.25, 0.3) is 0 Å². The highest BCUT2D eigenvalue weighted by Crippen LogP contribution is 2.14. The summed E-state index contributed by atoms with van der Waals surface area (Å²) in [6.45, 7) is 7.65. The van der Waals surface area contributed by atoms with Crippen LogP contribution in [0.15, 0.2) is 24.3 Å². The van der Waals surface area contributed by atoms with Crippen molar-refractivity contribution in [2.45, 2.75) is 33.7 Å². The summed E-state index contributed by atoms with van der Waals surface area (Å²) in [5.41, 5.74) is 4.15. The van der Waals surface area contributed by atoms with Crippen LogP contribution in [0.5, 0.6) is 0 Å². The Kier molecular flexibility index (Phi) is 4.20. The lowest BCUT2D eigenvalue weighted by atomic mass is 10.1. The van der Waals surface area contributed by atoms with Crippen molar-refractivity contribution in [2.75, 3.05) is 11.9 Å². The molecule has 0 spiro atoms. The van der Waals surface area contributed by atoms with E-state index in [1.807, 2.05) is 17.7 Å². The Hall–Kier alpha value is -1.84. The van der Waals surface area contributed by atoms with E-state index in [-0.39, 0.29) is 5.82 Å². The van der Waals surface area contributed by atoms with Gasteiger partial charge in [-0.05, 0) is 38.0 Å². The van der Waals surface area contributed by atoms with Gasteiger partial charge in [0.05, 0.1) is 17.9 Å². The van der Waals surface area contributed by atoms with Crippen molar-refractivity contribution in [3.8, 4) is 0 Å². The summed E-state index contributed by atoms with van der Waals surface area (Å²) in [6.07, 6.45) is 0.998. The monoisotopic (exact) mass is 261 g/mol. The molecule has 1 aromatic heterocycles. The summed E-state index contributed by atoms with van der Waals surface area (Å²) in [6, 6.07) is 6.72. The number of hydrogen-bond acceptors (Lipinski definition) is 2. The van der Waals surface area contributed by atoms with Crippen LogP contribution in [0.2, 0.25) is 0 Å². The Bertz CT molecular complexity index is 561. The molecule has 0 aliphatic rings. The maximum Gasteiger partial charge on any atom is 0.146 e. The summed E-state index contributed by atoms with van der Waals surface area (Å²) in [4.78, 5) is 0. The fourth-order valence-corrected chi connectivity index (χ4v) is 2.36. The van der Waals surface area contributed by atoms with Gasteiger partial charge >= 0.3 is 0 Å². The number of aryl methyl sites for hydroxylation is 1. The Morgan fingerprint density at radius 3 is 2.63 bits per heavy atom. The molecule has 2 aromatic rings. The second kappa shape index (κ2) is 5.87. The van der Waals surface area contributed by atoms with Gasteiger partial charge in [0.15, 0.2) is 0 Å². The third kappa shape index (κ3) is 2.95. The number of para-hydroxylation sites is 1. The standard InChI is InChI=1S/C15H20FN3/c1-4-13-11(2)18-19(12(13)3)10-9-17-15-8-6-5-7-14(15)16/h5-8,17H,4,9-10H2,1-3H3. The van der Waals surface area contributed by atoms with E-state index in [0.717, 1.165) is 18.7 Å². The predicted octanol–water partition coefficient (Wildman–Crippen LogP) is 3.31. The van der Waals surface area contributed by atoms with Crippen LogP contribution >= 0.6 is 0 Å². The number of nitrogens with zero attached hydrogens (tertiary/aromatic N) is 2. The molecule has 0 radical (unpaired) electrons. The van der Waals surface area contributed by atoms with Crippen LogP contribution in [0, 0.1) is 19.7 Å². The van der Waals surface area contributed by atoms with Gasteiger partial charge in [-0.15, -0.1) is 0 Å². The van der Waals surface area contributed by atoms with Gasteiger partial charge in [-0.25, -0.2) is 4.39 Å². The minimum absolute atomic E-state index is 0.217. The largest absolute Gasteiger partial charge is 0.381 e. The summed E-state index contributed by atoms with van der Waals surface area (Å²) in [5, 5.41) is 7.62. The Balaban J connectivity index is 1.98. The predicted molar refractivity (Wildman–Crippen MR) is 76.0 cm³/mol. The van der Waals surface area contributed by atoms with E-state index in [1.54, 1.807) is 12.1 Å². The third-order valence-corrected chi connectivity index (χ3v) is 3.40. The number of halogens is 1. The van der Waals surface area contributed by atoms with Gasteiger partial charge in [-0.1, -0.05) is 19.1 Å². The lowest BCUT2D eigenvalue weighted by Crippen LogP contribution is -2.13. The molecule has 19 heavy (non-hydrogen) atoms. The first-order valence-electron chi connectivity index (χ1n) is 6.64. The molecule has 4 heteroatoms. The first kappa shape index (κ1) is 13.6. The number of benzene rings is 1. The molecule has 0 saturated carbocycles. The summed E-state index contributed by atoms with van der Waals surface area (Å²) < 4.78 is 15.4. The molecule has 1 N–H and O–H groups in total. The van der Waals surface area contributed by atoms with Gasteiger partial charge in [0.1, 0.15) is 5.82 Å². The minimum Gasteiger partial charge on any atom is -0.381 e. The zero-order valence-corrected chi connectivity index (χ0v) is 11.7. The second-order valence-corrected chi connectivity index (χ2v) is 4.63. The number of aromatic nitrogens is 2. The third-order valence-electron chi connectivity index (χ3n) is 3.40. The van der Waals surface area contributed by atoms with Crippen LogP contribution in [0.3, 0.4) is 0 Å². The second-order valence-electron chi connectivity index (χ2n) is 4.63. The molecule has 1 aromatic carbocycles. The molecule has 0 aliphatic heterocycles. The van der Waals surface area contributed by atoms with Gasteiger partial charge in [0.2, 0.25) is 0 Å². The fourth-order valence-electron chi connectivity index (χ4n) is 2.36. The van der Waals surface area contributed by atoms with Crippen molar-refractivity contribution in [1.82, 2.24) is 9.78 Å². The van der Waals surface area contributed by atoms with E-state index >= 15 is 0 Å². The average Bonchev–Trinajstić information content (AvgIpc) is 2.66. The van der Waals surface area contributed by atoms with Crippen molar-refractivity contribution < 1.29 is 4.39 Å². The molecule has 0 amide bonds. The Morgan fingerprint density at radius 2 is 2.00 bits per heavy atom. The number of nitrogens with one attached hydrogen (secondary N) is 1. The van der Waals surface area contributed by atoms with Crippen LogP contribution in [-0.2, 0) is 13.0 Å². The normalized spacial score (nSPS) is 10.7. The number of rotatable bonds is 5. The van der Waals surface area contributed by atoms with Crippen molar-refractivity contribution in [2.24, 2.45) is 0 Å². The summed E-state index contributed by atoms with van der Waals surface area (Å²) >= 11 is 0. The van der Waals surface area contributed by atoms with E-state index in [2.05, 4.69) is 24.3 Å². The SMILES string of the molecule is CCc1c(C)nn(CCNc2ccccc2F)c1C. The molecule has 0 aliphatic carbocycles. The van der Waals surface area contributed by atoms with E-state index in [1.165, 1.54) is 17.3 Å². The first-order valence-corrected chi connectivity index (χ1v) is 6.64. The van der Waals surface area contributed by atoms with Crippen molar-refractivity contribution in [3.05, 3.63) is 47.0 Å².